The van der Waals surface area contributed by atoms with Crippen LogP contribution in [0.5, 0.6) is 11.5 Å². The highest BCUT2D eigenvalue weighted by molar-refractivity contribution is 5.73. The first-order valence-corrected chi connectivity index (χ1v) is 11.4. The molecule has 7 nitrogen and oxygen atoms in total. The normalized spacial score (nSPS) is 17.6. The van der Waals surface area contributed by atoms with Gasteiger partial charge >= 0.3 is 5.97 Å². The lowest BCUT2D eigenvalue weighted by molar-refractivity contribution is -0.137. The quantitative estimate of drug-likeness (QED) is 0.505. The molecule has 0 aromatic heterocycles. The fourth-order valence-corrected chi connectivity index (χ4v) is 4.75. The number of para-hydroxylation sites is 1. The molecule has 0 fully saturated rings. The molecule has 0 spiro atoms. The van der Waals surface area contributed by atoms with Crippen LogP contribution in [0.15, 0.2) is 60.7 Å². The van der Waals surface area contributed by atoms with E-state index in [0.717, 1.165) is 46.2 Å². The summed E-state index contributed by atoms with van der Waals surface area (Å²) in [5.41, 5.74) is 5.44. The Bertz CT molecular complexity index is 1280. The number of nitrogens with zero attached hydrogens (tertiary/aromatic N) is 2. The van der Waals surface area contributed by atoms with Crippen molar-refractivity contribution < 1.29 is 19.4 Å². The van der Waals surface area contributed by atoms with E-state index < -0.39 is 5.97 Å². The average molecular weight is 456 g/mol. The number of nitrogens with one attached hydrogen (secondary N) is 1. The van der Waals surface area contributed by atoms with Gasteiger partial charge in [0.25, 0.3) is 0 Å². The number of aliphatic carboxylic acids is 1. The van der Waals surface area contributed by atoms with Gasteiger partial charge in [-0.05, 0) is 37.3 Å². The molecule has 0 saturated heterocycles. The minimum absolute atomic E-state index is 0.0339. The minimum Gasteiger partial charge on any atom is -0.493 e. The van der Waals surface area contributed by atoms with Crippen LogP contribution < -0.4 is 19.7 Å². The summed E-state index contributed by atoms with van der Waals surface area (Å²) in [5, 5.41) is 21.9. The summed E-state index contributed by atoms with van der Waals surface area (Å²) in [7, 11) is 0. The lowest BCUT2D eigenvalue weighted by Gasteiger charge is -2.25. The first-order chi connectivity index (χ1) is 16.6. The second-order valence-electron chi connectivity index (χ2n) is 8.47. The van der Waals surface area contributed by atoms with E-state index in [0.29, 0.717) is 18.8 Å². The third-order valence-corrected chi connectivity index (χ3v) is 6.34. The topological polar surface area (TPSA) is 94.8 Å². The lowest BCUT2D eigenvalue weighted by Crippen LogP contribution is -2.16. The van der Waals surface area contributed by atoms with E-state index in [1.54, 1.807) is 6.07 Å². The van der Waals surface area contributed by atoms with Gasteiger partial charge in [-0.1, -0.05) is 24.3 Å². The molecule has 0 amide bonds. The number of carboxylic acids is 1. The van der Waals surface area contributed by atoms with Gasteiger partial charge in [0, 0.05) is 41.0 Å². The number of rotatable bonds is 7. The van der Waals surface area contributed by atoms with Crippen molar-refractivity contribution in [1.82, 2.24) is 0 Å². The minimum atomic E-state index is -0.820. The van der Waals surface area contributed by atoms with E-state index in [9.17, 15) is 10.1 Å². The Balaban J connectivity index is 1.39. The summed E-state index contributed by atoms with van der Waals surface area (Å²) in [6.45, 7) is 3.68. The fourth-order valence-electron chi connectivity index (χ4n) is 4.75. The second-order valence-corrected chi connectivity index (χ2v) is 8.47. The van der Waals surface area contributed by atoms with Crippen LogP contribution in [0.2, 0.25) is 0 Å². The predicted molar refractivity (Wildman–Crippen MR) is 129 cm³/mol. The monoisotopic (exact) mass is 455 g/mol. The van der Waals surface area contributed by atoms with Gasteiger partial charge in [0.15, 0.2) is 0 Å². The second kappa shape index (κ2) is 8.99. The number of carboxylic acid groups (broad SMARTS) is 1. The van der Waals surface area contributed by atoms with Crippen LogP contribution in [-0.2, 0) is 4.79 Å². The first kappa shape index (κ1) is 21.7. The fraction of sp³-hybridized carbons (Fsp3) is 0.259. The van der Waals surface area contributed by atoms with Crippen molar-refractivity contribution in [3.05, 3.63) is 77.4 Å². The van der Waals surface area contributed by atoms with Crippen molar-refractivity contribution in [3.63, 3.8) is 0 Å². The van der Waals surface area contributed by atoms with E-state index >= 15 is 0 Å². The number of anilines is 3. The average Bonchev–Trinajstić information content (AvgIpc) is 3.44. The van der Waals surface area contributed by atoms with Crippen LogP contribution >= 0.6 is 0 Å². The predicted octanol–water partition coefficient (Wildman–Crippen LogP) is 5.21. The van der Waals surface area contributed by atoms with Crippen LogP contribution in [0.4, 0.5) is 17.1 Å². The summed E-state index contributed by atoms with van der Waals surface area (Å²) < 4.78 is 11.9. The number of ether oxygens (including phenoxy) is 2. The molecule has 5 rings (SSSR count). The lowest BCUT2D eigenvalue weighted by atomic mass is 9.97. The van der Waals surface area contributed by atoms with Crippen LogP contribution in [0.25, 0.3) is 0 Å². The molecule has 3 aromatic carbocycles. The molecular weight excluding hydrogens is 430 g/mol. The van der Waals surface area contributed by atoms with Gasteiger partial charge < -0.3 is 24.8 Å². The number of hydrogen-bond acceptors (Lipinski definition) is 6. The molecule has 2 N–H and O–H groups in total. The molecule has 0 aliphatic carbocycles. The van der Waals surface area contributed by atoms with Gasteiger partial charge in [0.1, 0.15) is 18.1 Å². The van der Waals surface area contributed by atoms with Gasteiger partial charge in [-0.3, -0.25) is 4.79 Å². The Morgan fingerprint density at radius 2 is 1.97 bits per heavy atom. The van der Waals surface area contributed by atoms with Crippen molar-refractivity contribution in [1.29, 1.82) is 5.26 Å². The number of benzene rings is 3. The van der Waals surface area contributed by atoms with Gasteiger partial charge in [0.2, 0.25) is 0 Å². The van der Waals surface area contributed by atoms with Crippen molar-refractivity contribution >= 4 is 23.0 Å². The molecular formula is C27H25N3O4. The Kier molecular flexibility index (Phi) is 5.72. The number of hydrogen-bond donors (Lipinski definition) is 2. The summed E-state index contributed by atoms with van der Waals surface area (Å²) in [6, 6.07) is 21.7. The first-order valence-electron chi connectivity index (χ1n) is 11.4. The summed E-state index contributed by atoms with van der Waals surface area (Å²) in [6.07, 6.45) is 0.0671. The van der Waals surface area contributed by atoms with Crippen molar-refractivity contribution in [2.45, 2.75) is 25.3 Å². The van der Waals surface area contributed by atoms with E-state index in [4.69, 9.17) is 14.6 Å². The highest BCUT2D eigenvalue weighted by atomic mass is 16.5. The van der Waals surface area contributed by atoms with E-state index in [1.807, 2.05) is 48.5 Å². The van der Waals surface area contributed by atoms with Crippen LogP contribution in [0, 0.1) is 11.3 Å². The van der Waals surface area contributed by atoms with E-state index in [-0.39, 0.29) is 18.4 Å². The Morgan fingerprint density at radius 3 is 2.76 bits per heavy atom. The third kappa shape index (κ3) is 3.99. The highest BCUT2D eigenvalue weighted by Crippen LogP contribution is 2.44. The molecule has 0 bridgehead atoms. The maximum Gasteiger partial charge on any atom is 0.304 e. The number of carbonyl (C=O) groups is 1. The van der Waals surface area contributed by atoms with E-state index in [1.165, 1.54) is 0 Å². The molecule has 2 heterocycles. The number of fused-ring (bicyclic) bond motifs is 2. The zero-order chi connectivity index (χ0) is 23.7. The summed E-state index contributed by atoms with van der Waals surface area (Å²) in [4.78, 5) is 13.2. The van der Waals surface area contributed by atoms with Gasteiger partial charge in [-0.15, -0.1) is 0 Å². The van der Waals surface area contributed by atoms with Crippen molar-refractivity contribution in [3.8, 4) is 17.6 Å². The van der Waals surface area contributed by atoms with Gasteiger partial charge in [0.05, 0.1) is 36.4 Å². The molecule has 0 saturated carbocycles. The highest BCUT2D eigenvalue weighted by Gasteiger charge is 2.30. The Hall–Kier alpha value is -4.18. The molecule has 2 aliphatic rings. The van der Waals surface area contributed by atoms with Crippen molar-refractivity contribution in [2.24, 2.45) is 0 Å². The molecule has 2 unspecified atom stereocenters. The Morgan fingerprint density at radius 1 is 1.12 bits per heavy atom. The zero-order valence-corrected chi connectivity index (χ0v) is 18.8. The molecule has 7 heteroatoms. The standard InChI is InChI=1S/C27H25N3O4/c1-2-30(20-6-3-5-17(11-20)14-28)24-8-4-7-22-23(16-34-27(22)24)29-19-9-10-21-18(12-26(31)32)15-33-25(21)13-19/h3-11,13,18,23,29H,2,12,15-16H2,1H3,(H,31,32). The zero-order valence-electron chi connectivity index (χ0n) is 18.8. The molecule has 2 aliphatic heterocycles. The largest absolute Gasteiger partial charge is 0.493 e. The van der Waals surface area contributed by atoms with Crippen LogP contribution in [-0.4, -0.2) is 30.8 Å². The molecule has 34 heavy (non-hydrogen) atoms. The van der Waals surface area contributed by atoms with Crippen molar-refractivity contribution in [2.75, 3.05) is 30.0 Å². The molecule has 2 atom stereocenters. The van der Waals surface area contributed by atoms with Crippen LogP contribution in [0.3, 0.4) is 0 Å². The maximum absolute atomic E-state index is 11.1. The third-order valence-electron chi connectivity index (χ3n) is 6.34. The summed E-state index contributed by atoms with van der Waals surface area (Å²) in [5.74, 6) is 0.640. The summed E-state index contributed by atoms with van der Waals surface area (Å²) >= 11 is 0. The van der Waals surface area contributed by atoms with E-state index in [2.05, 4.69) is 29.3 Å². The maximum atomic E-state index is 11.1. The molecule has 3 aromatic rings. The molecule has 0 radical (unpaired) electrons. The Labute approximate surface area is 198 Å². The van der Waals surface area contributed by atoms with Gasteiger partial charge in [-0.25, -0.2) is 0 Å². The number of nitriles is 1. The SMILES string of the molecule is CCN(c1cccc(C#N)c1)c1cccc2c1OCC2Nc1ccc2c(c1)OCC2CC(=O)O. The van der Waals surface area contributed by atoms with Gasteiger partial charge in [-0.2, -0.15) is 5.26 Å². The molecule has 172 valence electrons. The smallest absolute Gasteiger partial charge is 0.304 e. The van der Waals surface area contributed by atoms with Crippen LogP contribution in [0.1, 0.15) is 42.0 Å².